The van der Waals surface area contributed by atoms with E-state index in [1.807, 2.05) is 0 Å². The number of rotatable bonds is 2. The maximum Gasteiger partial charge on any atom is 0.354 e. The van der Waals surface area contributed by atoms with Crippen molar-refractivity contribution in [2.24, 2.45) is 0 Å². The van der Waals surface area contributed by atoms with Crippen LogP contribution in [0.1, 0.15) is 10.5 Å². The van der Waals surface area contributed by atoms with Crippen LogP contribution in [-0.4, -0.2) is 23.2 Å². The molecule has 0 aliphatic carbocycles. The normalized spacial score (nSPS) is 10.4. The van der Waals surface area contributed by atoms with Crippen molar-refractivity contribution in [1.82, 2.24) is 4.98 Å². The van der Waals surface area contributed by atoms with Crippen molar-refractivity contribution in [3.05, 3.63) is 35.8 Å². The van der Waals surface area contributed by atoms with Gasteiger partial charge in [0.2, 0.25) is 0 Å². The molecule has 0 spiro atoms. The number of ether oxygens (including phenoxy) is 1. The van der Waals surface area contributed by atoms with E-state index >= 15 is 0 Å². The summed E-state index contributed by atoms with van der Waals surface area (Å²) in [7, 11) is 1.39. The largest absolute Gasteiger partial charge is 0.496 e. The number of para-hydroxylation sites is 1. The third-order valence-electron chi connectivity index (χ3n) is 2.19. The maximum absolute atomic E-state index is 13.4. The van der Waals surface area contributed by atoms with Crippen LogP contribution in [0.25, 0.3) is 10.9 Å². The van der Waals surface area contributed by atoms with Gasteiger partial charge in [0, 0.05) is 11.5 Å². The van der Waals surface area contributed by atoms with Gasteiger partial charge in [-0.15, -0.1) is 0 Å². The van der Waals surface area contributed by atoms with Crippen molar-refractivity contribution in [1.29, 1.82) is 0 Å². The summed E-state index contributed by atoms with van der Waals surface area (Å²) in [5.41, 5.74) is -0.242. The quantitative estimate of drug-likeness (QED) is 0.843. The molecule has 1 heterocycles. The van der Waals surface area contributed by atoms with Crippen molar-refractivity contribution in [3.63, 3.8) is 0 Å². The second-order valence-electron chi connectivity index (χ2n) is 3.15. The fraction of sp³-hybridized carbons (Fsp3) is 0.0909. The third kappa shape index (κ3) is 1.56. The predicted octanol–water partition coefficient (Wildman–Crippen LogP) is 2.08. The lowest BCUT2D eigenvalue weighted by Crippen LogP contribution is -2.02. The van der Waals surface area contributed by atoms with Crippen molar-refractivity contribution in [3.8, 4) is 5.75 Å². The first-order valence-electron chi connectivity index (χ1n) is 4.50. The van der Waals surface area contributed by atoms with Gasteiger partial charge >= 0.3 is 5.97 Å². The number of hydrogen-bond donors (Lipinski definition) is 1. The molecule has 0 atom stereocenters. The molecule has 1 aromatic carbocycles. The molecule has 0 aliphatic rings. The van der Waals surface area contributed by atoms with Gasteiger partial charge < -0.3 is 9.84 Å². The fourth-order valence-corrected chi connectivity index (χ4v) is 1.46. The van der Waals surface area contributed by atoms with Crippen LogP contribution >= 0.6 is 0 Å². The molecule has 5 heteroatoms. The lowest BCUT2D eigenvalue weighted by molar-refractivity contribution is 0.0690. The van der Waals surface area contributed by atoms with E-state index in [2.05, 4.69) is 4.98 Å². The molecule has 0 radical (unpaired) electrons. The first-order chi connectivity index (χ1) is 7.63. The Morgan fingerprint density at radius 2 is 2.25 bits per heavy atom. The zero-order chi connectivity index (χ0) is 11.7. The zero-order valence-corrected chi connectivity index (χ0v) is 8.40. The molecule has 0 unspecified atom stereocenters. The van der Waals surface area contributed by atoms with Crippen LogP contribution in [-0.2, 0) is 0 Å². The Hall–Kier alpha value is -2.17. The number of pyridine rings is 1. The Balaban J connectivity index is 2.84. The van der Waals surface area contributed by atoms with E-state index in [4.69, 9.17) is 9.84 Å². The van der Waals surface area contributed by atoms with E-state index in [0.29, 0.717) is 11.1 Å². The molecule has 1 N–H and O–H groups in total. The van der Waals surface area contributed by atoms with Gasteiger partial charge in [0.25, 0.3) is 0 Å². The molecule has 0 fully saturated rings. The summed E-state index contributed by atoms with van der Waals surface area (Å²) >= 11 is 0. The highest BCUT2D eigenvalue weighted by Gasteiger charge is 2.13. The molecule has 0 saturated carbocycles. The molecular weight excluding hydrogens is 213 g/mol. The Labute approximate surface area is 90.3 Å². The molecule has 0 bridgehead atoms. The van der Waals surface area contributed by atoms with Gasteiger partial charge in [-0.1, -0.05) is 6.07 Å². The SMILES string of the molecule is COc1cc(C(=O)O)nc2c(F)cccc12. The van der Waals surface area contributed by atoms with Crippen molar-refractivity contribution in [2.75, 3.05) is 7.11 Å². The predicted molar refractivity (Wildman–Crippen MR) is 55.2 cm³/mol. The fourth-order valence-electron chi connectivity index (χ4n) is 1.46. The van der Waals surface area contributed by atoms with Crippen LogP contribution in [0.15, 0.2) is 24.3 Å². The van der Waals surface area contributed by atoms with Crippen LogP contribution in [0.2, 0.25) is 0 Å². The monoisotopic (exact) mass is 221 g/mol. The number of carboxylic acids is 1. The molecule has 1 aromatic heterocycles. The molecule has 82 valence electrons. The Morgan fingerprint density at radius 1 is 1.50 bits per heavy atom. The highest BCUT2D eigenvalue weighted by atomic mass is 19.1. The van der Waals surface area contributed by atoms with Crippen molar-refractivity contribution >= 4 is 16.9 Å². The molecule has 0 amide bonds. The highest BCUT2D eigenvalue weighted by molar-refractivity contribution is 5.93. The number of nitrogens with zero attached hydrogens (tertiary/aromatic N) is 1. The van der Waals surface area contributed by atoms with Gasteiger partial charge in [-0.05, 0) is 12.1 Å². The Morgan fingerprint density at radius 3 is 2.88 bits per heavy atom. The van der Waals surface area contributed by atoms with Gasteiger partial charge in [0.05, 0.1) is 7.11 Å². The Bertz CT molecular complexity index is 568. The minimum Gasteiger partial charge on any atom is -0.496 e. The summed E-state index contributed by atoms with van der Waals surface area (Å²) in [6.45, 7) is 0. The number of aromatic carboxylic acids is 1. The molecule has 16 heavy (non-hydrogen) atoms. The number of halogens is 1. The van der Waals surface area contributed by atoms with Gasteiger partial charge in [-0.25, -0.2) is 14.2 Å². The van der Waals surface area contributed by atoms with Crippen LogP contribution in [0.5, 0.6) is 5.75 Å². The number of carbonyl (C=O) groups is 1. The first-order valence-corrected chi connectivity index (χ1v) is 4.50. The molecule has 4 nitrogen and oxygen atoms in total. The van der Waals surface area contributed by atoms with Crippen molar-refractivity contribution < 1.29 is 19.0 Å². The first kappa shape index (κ1) is 10.4. The topological polar surface area (TPSA) is 59.4 Å². The second-order valence-corrected chi connectivity index (χ2v) is 3.15. The highest BCUT2D eigenvalue weighted by Crippen LogP contribution is 2.26. The van der Waals surface area contributed by atoms with Crippen LogP contribution in [0.4, 0.5) is 4.39 Å². The Kier molecular flexibility index (Phi) is 2.44. The maximum atomic E-state index is 13.4. The van der Waals surface area contributed by atoms with Gasteiger partial charge in [0.1, 0.15) is 17.1 Å². The lowest BCUT2D eigenvalue weighted by atomic mass is 10.1. The smallest absolute Gasteiger partial charge is 0.354 e. The molecule has 2 aromatic rings. The number of fused-ring (bicyclic) bond motifs is 1. The summed E-state index contributed by atoms with van der Waals surface area (Å²) in [6.07, 6.45) is 0. The van der Waals surface area contributed by atoms with E-state index in [9.17, 15) is 9.18 Å². The van der Waals surface area contributed by atoms with E-state index in [0.717, 1.165) is 0 Å². The second kappa shape index (κ2) is 3.77. The lowest BCUT2D eigenvalue weighted by Gasteiger charge is -2.06. The number of carboxylic acid groups (broad SMARTS) is 1. The van der Waals surface area contributed by atoms with Crippen LogP contribution < -0.4 is 4.74 Å². The molecular formula is C11H8FNO3. The summed E-state index contributed by atoms with van der Waals surface area (Å²) in [6, 6.07) is 5.63. The summed E-state index contributed by atoms with van der Waals surface area (Å²) in [5, 5.41) is 9.27. The molecule has 0 aliphatic heterocycles. The zero-order valence-electron chi connectivity index (χ0n) is 8.40. The van der Waals surface area contributed by atoms with E-state index in [1.54, 1.807) is 6.07 Å². The van der Waals surface area contributed by atoms with Gasteiger partial charge in [-0.2, -0.15) is 0 Å². The average Bonchev–Trinajstić information content (AvgIpc) is 2.28. The summed E-state index contributed by atoms with van der Waals surface area (Å²) in [4.78, 5) is 14.5. The van der Waals surface area contributed by atoms with E-state index in [1.165, 1.54) is 25.3 Å². The number of hydrogen-bond acceptors (Lipinski definition) is 3. The molecule has 0 saturated heterocycles. The standard InChI is InChI=1S/C11H8FNO3/c1-16-9-5-8(11(14)15)13-10-6(9)3-2-4-7(10)12/h2-5H,1H3,(H,14,15). The number of benzene rings is 1. The number of methoxy groups -OCH3 is 1. The number of aromatic nitrogens is 1. The van der Waals surface area contributed by atoms with E-state index in [-0.39, 0.29) is 11.2 Å². The summed E-state index contributed by atoms with van der Waals surface area (Å²) in [5.74, 6) is -1.50. The van der Waals surface area contributed by atoms with Gasteiger partial charge in [-0.3, -0.25) is 0 Å². The minimum atomic E-state index is -1.22. The molecule has 2 rings (SSSR count). The van der Waals surface area contributed by atoms with Gasteiger partial charge in [0.15, 0.2) is 5.69 Å². The third-order valence-corrected chi connectivity index (χ3v) is 2.19. The average molecular weight is 221 g/mol. The van der Waals surface area contributed by atoms with Crippen molar-refractivity contribution in [2.45, 2.75) is 0 Å². The summed E-state index contributed by atoms with van der Waals surface area (Å²) < 4.78 is 18.4. The minimum absolute atomic E-state index is 0.000694. The van der Waals surface area contributed by atoms with E-state index < -0.39 is 11.8 Å². The van der Waals surface area contributed by atoms with Crippen LogP contribution in [0, 0.1) is 5.82 Å². The van der Waals surface area contributed by atoms with Crippen LogP contribution in [0.3, 0.4) is 0 Å².